The van der Waals surface area contributed by atoms with Crippen LogP contribution in [0.5, 0.6) is 0 Å². The van der Waals surface area contributed by atoms with Crippen molar-refractivity contribution in [3.8, 4) is 0 Å². The summed E-state index contributed by atoms with van der Waals surface area (Å²) < 4.78 is 1.12. The van der Waals surface area contributed by atoms with E-state index in [4.69, 9.17) is 0 Å². The number of carbonyl (C=O) groups excluding carboxylic acids is 2. The van der Waals surface area contributed by atoms with Crippen molar-refractivity contribution in [1.29, 1.82) is 0 Å². The molecule has 12 heavy (non-hydrogen) atoms. The Labute approximate surface area is 67.7 Å². The number of ketones is 1. The standard InChI is InChI=1S/C8H5NO3/c10-6-4-7(11)8(12)9-3-1-2-5(6)9/h1-4,10H. The number of hydrogen-bond donors (Lipinski definition) is 1. The maximum absolute atomic E-state index is 11.1. The van der Waals surface area contributed by atoms with E-state index in [1.807, 2.05) is 0 Å². The van der Waals surface area contributed by atoms with Gasteiger partial charge in [-0.25, -0.2) is 0 Å². The van der Waals surface area contributed by atoms with Crippen LogP contribution in [0.4, 0.5) is 0 Å². The number of rotatable bonds is 0. The quantitative estimate of drug-likeness (QED) is 0.570. The van der Waals surface area contributed by atoms with Crippen LogP contribution in [-0.2, 0) is 4.79 Å². The summed E-state index contributed by atoms with van der Waals surface area (Å²) in [5.41, 5.74) is 0.361. The lowest BCUT2D eigenvalue weighted by molar-refractivity contribution is -0.111. The molecule has 0 spiro atoms. The SMILES string of the molecule is O=C1C=C(O)c2cccn2C1=O. The predicted octanol–water partition coefficient (Wildman–Crippen LogP) is 0.610. The molecule has 1 aromatic heterocycles. The molecule has 0 aromatic carbocycles. The summed E-state index contributed by atoms with van der Waals surface area (Å²) in [6, 6.07) is 3.16. The molecule has 1 aromatic rings. The summed E-state index contributed by atoms with van der Waals surface area (Å²) in [7, 11) is 0. The Balaban J connectivity index is 2.70. The van der Waals surface area contributed by atoms with Gasteiger partial charge in [0.1, 0.15) is 5.76 Å². The zero-order valence-electron chi connectivity index (χ0n) is 6.02. The number of aromatic nitrogens is 1. The number of hydrogen-bond acceptors (Lipinski definition) is 3. The molecule has 0 saturated heterocycles. The molecule has 2 rings (SSSR count). The van der Waals surface area contributed by atoms with Gasteiger partial charge in [-0.15, -0.1) is 0 Å². The number of fused-ring (bicyclic) bond motifs is 1. The highest BCUT2D eigenvalue weighted by atomic mass is 16.3. The first-order valence-corrected chi connectivity index (χ1v) is 3.37. The van der Waals surface area contributed by atoms with E-state index >= 15 is 0 Å². The highest BCUT2D eigenvalue weighted by Gasteiger charge is 2.23. The Morgan fingerprint density at radius 2 is 2.08 bits per heavy atom. The topological polar surface area (TPSA) is 59.3 Å². The van der Waals surface area contributed by atoms with Gasteiger partial charge in [0.15, 0.2) is 0 Å². The Morgan fingerprint density at radius 3 is 2.83 bits per heavy atom. The fraction of sp³-hybridized carbons (Fsp3) is 0. The van der Waals surface area contributed by atoms with Gasteiger partial charge in [-0.05, 0) is 12.1 Å². The second-order valence-corrected chi connectivity index (χ2v) is 2.46. The molecule has 1 N–H and O–H groups in total. The summed E-state index contributed by atoms with van der Waals surface area (Å²) in [5, 5.41) is 9.21. The van der Waals surface area contributed by atoms with Crippen LogP contribution in [-0.4, -0.2) is 21.4 Å². The second-order valence-electron chi connectivity index (χ2n) is 2.46. The molecule has 0 amide bonds. The fourth-order valence-electron chi connectivity index (χ4n) is 1.15. The summed E-state index contributed by atoms with van der Waals surface area (Å²) in [4.78, 5) is 21.9. The van der Waals surface area contributed by atoms with E-state index in [1.165, 1.54) is 6.20 Å². The zero-order valence-corrected chi connectivity index (χ0v) is 6.02. The van der Waals surface area contributed by atoms with Crippen molar-refractivity contribution < 1.29 is 14.7 Å². The van der Waals surface area contributed by atoms with E-state index in [9.17, 15) is 14.7 Å². The van der Waals surface area contributed by atoms with Gasteiger partial charge in [-0.1, -0.05) is 0 Å². The van der Waals surface area contributed by atoms with E-state index < -0.39 is 11.7 Å². The summed E-state index contributed by atoms with van der Waals surface area (Å²) in [6.45, 7) is 0. The smallest absolute Gasteiger partial charge is 0.303 e. The highest BCUT2D eigenvalue weighted by Crippen LogP contribution is 2.16. The van der Waals surface area contributed by atoms with Gasteiger partial charge in [0.25, 0.3) is 0 Å². The third-order valence-corrected chi connectivity index (χ3v) is 1.71. The highest BCUT2D eigenvalue weighted by molar-refractivity contribution is 6.43. The molecule has 0 unspecified atom stereocenters. The van der Waals surface area contributed by atoms with Crippen LogP contribution in [0.3, 0.4) is 0 Å². The average Bonchev–Trinajstić information content (AvgIpc) is 2.48. The second kappa shape index (κ2) is 2.07. The summed E-state index contributed by atoms with van der Waals surface area (Å²) >= 11 is 0. The molecule has 60 valence electrons. The molecular weight excluding hydrogens is 158 g/mol. The maximum Gasteiger partial charge on any atom is 0.303 e. The van der Waals surface area contributed by atoms with E-state index in [1.54, 1.807) is 12.1 Å². The molecule has 0 fully saturated rings. The molecule has 4 nitrogen and oxygen atoms in total. The van der Waals surface area contributed by atoms with Crippen LogP contribution in [0.1, 0.15) is 10.5 Å². The van der Waals surface area contributed by atoms with Crippen molar-refractivity contribution in [2.24, 2.45) is 0 Å². The lowest BCUT2D eigenvalue weighted by atomic mass is 10.2. The van der Waals surface area contributed by atoms with E-state index in [0.29, 0.717) is 5.69 Å². The molecule has 0 saturated carbocycles. The minimum atomic E-state index is -0.698. The largest absolute Gasteiger partial charge is 0.506 e. The van der Waals surface area contributed by atoms with Crippen LogP contribution in [0.25, 0.3) is 5.76 Å². The number of allylic oxidation sites excluding steroid dienone is 1. The minimum absolute atomic E-state index is 0.162. The predicted molar refractivity (Wildman–Crippen MR) is 40.7 cm³/mol. The fourth-order valence-corrected chi connectivity index (χ4v) is 1.15. The first kappa shape index (κ1) is 6.84. The Kier molecular flexibility index (Phi) is 1.18. The lowest BCUT2D eigenvalue weighted by Gasteiger charge is -2.09. The molecular formula is C8H5NO3. The number of aliphatic hydroxyl groups excluding tert-OH is 1. The zero-order chi connectivity index (χ0) is 8.72. The first-order valence-electron chi connectivity index (χ1n) is 3.37. The van der Waals surface area contributed by atoms with Crippen molar-refractivity contribution in [1.82, 2.24) is 4.57 Å². The van der Waals surface area contributed by atoms with Gasteiger partial charge >= 0.3 is 5.91 Å². The van der Waals surface area contributed by atoms with Gasteiger partial charge in [0.05, 0.1) is 5.69 Å². The van der Waals surface area contributed by atoms with Crippen molar-refractivity contribution >= 4 is 17.4 Å². The minimum Gasteiger partial charge on any atom is -0.506 e. The van der Waals surface area contributed by atoms with Crippen molar-refractivity contribution in [2.75, 3.05) is 0 Å². The molecule has 0 bridgehead atoms. The van der Waals surface area contributed by atoms with Crippen molar-refractivity contribution in [3.63, 3.8) is 0 Å². The number of aliphatic hydroxyl groups is 1. The third kappa shape index (κ3) is 0.717. The van der Waals surface area contributed by atoms with E-state index in [-0.39, 0.29) is 5.76 Å². The van der Waals surface area contributed by atoms with Crippen molar-refractivity contribution in [3.05, 3.63) is 30.1 Å². The summed E-state index contributed by atoms with van der Waals surface area (Å²) in [5.74, 6) is -1.49. The maximum atomic E-state index is 11.1. The normalized spacial score (nSPS) is 15.8. The molecule has 1 aliphatic rings. The Morgan fingerprint density at radius 1 is 1.33 bits per heavy atom. The van der Waals surface area contributed by atoms with Crippen LogP contribution in [0, 0.1) is 0 Å². The number of carbonyl (C=O) groups is 2. The monoisotopic (exact) mass is 163 g/mol. The summed E-state index contributed by atoms with van der Waals surface area (Å²) in [6.07, 6.45) is 2.37. The van der Waals surface area contributed by atoms with Gasteiger partial charge in [0, 0.05) is 12.3 Å². The van der Waals surface area contributed by atoms with Crippen LogP contribution >= 0.6 is 0 Å². The molecule has 0 atom stereocenters. The van der Waals surface area contributed by atoms with Gasteiger partial charge in [-0.3, -0.25) is 14.2 Å². The Hall–Kier alpha value is -1.84. The van der Waals surface area contributed by atoms with Crippen LogP contribution in [0.2, 0.25) is 0 Å². The number of nitrogens with zero attached hydrogens (tertiary/aromatic N) is 1. The first-order chi connectivity index (χ1) is 5.70. The molecule has 1 aliphatic heterocycles. The third-order valence-electron chi connectivity index (χ3n) is 1.71. The van der Waals surface area contributed by atoms with Crippen LogP contribution < -0.4 is 0 Å². The van der Waals surface area contributed by atoms with Gasteiger partial charge in [0.2, 0.25) is 5.78 Å². The van der Waals surface area contributed by atoms with Gasteiger partial charge in [-0.2, -0.15) is 0 Å². The van der Waals surface area contributed by atoms with E-state index in [2.05, 4.69) is 0 Å². The Bertz CT molecular complexity index is 400. The van der Waals surface area contributed by atoms with E-state index in [0.717, 1.165) is 10.6 Å². The molecule has 2 heterocycles. The van der Waals surface area contributed by atoms with Gasteiger partial charge < -0.3 is 5.11 Å². The average molecular weight is 163 g/mol. The van der Waals surface area contributed by atoms with Crippen molar-refractivity contribution in [2.45, 2.75) is 0 Å². The lowest BCUT2D eigenvalue weighted by Crippen LogP contribution is -2.24. The molecule has 0 radical (unpaired) electrons. The van der Waals surface area contributed by atoms with Crippen LogP contribution in [0.15, 0.2) is 24.4 Å². The molecule has 0 aliphatic carbocycles. The molecule has 4 heteroatoms.